The molecule has 1 amide bonds. The lowest BCUT2D eigenvalue weighted by atomic mass is 9.32. The van der Waals surface area contributed by atoms with Crippen molar-refractivity contribution in [3.63, 3.8) is 0 Å². The minimum atomic E-state index is -1.24. The zero-order chi connectivity index (χ0) is 43.9. The second-order valence-corrected chi connectivity index (χ2v) is 21.8. The smallest absolute Gasteiger partial charge is 0.410 e. The van der Waals surface area contributed by atoms with Crippen LogP contribution in [0, 0.1) is 51.2 Å². The van der Waals surface area contributed by atoms with Gasteiger partial charge in [0, 0.05) is 33.9 Å². The Labute approximate surface area is 374 Å². The van der Waals surface area contributed by atoms with Crippen molar-refractivity contribution in [2.24, 2.45) is 51.2 Å². The van der Waals surface area contributed by atoms with Crippen molar-refractivity contribution >= 4 is 22.6 Å². The van der Waals surface area contributed by atoms with Crippen molar-refractivity contribution in [1.29, 1.82) is 0 Å². The lowest BCUT2D eigenvalue weighted by Gasteiger charge is -2.71. The molecule has 4 aromatic rings. The average molecular weight is 846 g/mol. The van der Waals surface area contributed by atoms with Gasteiger partial charge in [0.05, 0.1) is 18.2 Å². The maximum Gasteiger partial charge on any atom is 0.410 e. The summed E-state index contributed by atoms with van der Waals surface area (Å²) in [5.41, 5.74) is 1.42. The Morgan fingerprint density at radius 1 is 0.794 bits per heavy atom. The molecular formula is C57H67NO5. The number of benzene rings is 4. The van der Waals surface area contributed by atoms with E-state index in [1.165, 1.54) is 0 Å². The predicted octanol–water partition coefficient (Wildman–Crippen LogP) is 12.4. The van der Waals surface area contributed by atoms with Crippen molar-refractivity contribution in [1.82, 2.24) is 4.90 Å². The van der Waals surface area contributed by atoms with Gasteiger partial charge in [-0.3, -0.25) is 4.79 Å². The molecular weight excluding hydrogens is 779 g/mol. The van der Waals surface area contributed by atoms with E-state index >= 15 is 4.79 Å². The number of fused-ring (bicyclic) bond motifs is 2. The molecule has 4 aromatic carbocycles. The highest BCUT2D eigenvalue weighted by Gasteiger charge is 2.74. The maximum absolute atomic E-state index is 15.7. The standard InChI is InChI=1S/C57H67NO5/c1-37(2)43-23-22-38(3)32-48(43)63-52(61)58(35-41-18-13-17-39-16-9-10-19-44(39)41)36-56(62)29-26-50-54(56,5)28-25-49-53(4)27-24-42(59)33-55(53)30-31-57(49,50)47(34-55)51(60)46-21-12-11-20-45(46)40-14-7-6-8-15-40/h6-21,30-31,34,37-38,42-43,48-50,59,62H,22-29,32-33,35-36H2,1-5H3. The van der Waals surface area contributed by atoms with E-state index in [1.807, 2.05) is 53.4 Å². The van der Waals surface area contributed by atoms with Crippen LogP contribution in [-0.4, -0.2) is 51.3 Å². The van der Waals surface area contributed by atoms with E-state index in [0.717, 1.165) is 84.4 Å². The first-order valence-corrected chi connectivity index (χ1v) is 24.2. The number of ether oxygens (including phenoxy) is 1. The summed E-state index contributed by atoms with van der Waals surface area (Å²) in [6.07, 6.45) is 14.3. The van der Waals surface area contributed by atoms with Crippen LogP contribution >= 0.6 is 0 Å². The Bertz CT molecular complexity index is 2470. The molecule has 0 heterocycles. The lowest BCUT2D eigenvalue weighted by Crippen LogP contribution is -2.67. The summed E-state index contributed by atoms with van der Waals surface area (Å²) in [4.78, 5) is 32.5. The highest BCUT2D eigenvalue weighted by Crippen LogP contribution is 2.78. The van der Waals surface area contributed by atoms with Gasteiger partial charge in [0.1, 0.15) is 6.10 Å². The van der Waals surface area contributed by atoms with Gasteiger partial charge in [-0.05, 0) is 120 Å². The molecule has 0 radical (unpaired) electrons. The van der Waals surface area contributed by atoms with Gasteiger partial charge in [-0.1, -0.05) is 156 Å². The molecule has 330 valence electrons. The summed E-state index contributed by atoms with van der Waals surface area (Å²) in [6.45, 7) is 11.9. The number of hydrogen-bond donors (Lipinski definition) is 2. The van der Waals surface area contributed by atoms with E-state index in [9.17, 15) is 15.0 Å². The fourth-order valence-electron chi connectivity index (χ4n) is 14.9. The molecule has 2 bridgehead atoms. The number of allylic oxidation sites excluding steroid dienone is 4. The summed E-state index contributed by atoms with van der Waals surface area (Å²) in [5, 5.41) is 27.1. The number of carbonyl (C=O) groups is 2. The molecule has 11 atom stereocenters. The highest BCUT2D eigenvalue weighted by molar-refractivity contribution is 6.14. The number of rotatable bonds is 9. The summed E-state index contributed by atoms with van der Waals surface area (Å²) in [5.74, 6) is 1.33. The highest BCUT2D eigenvalue weighted by atomic mass is 16.6. The molecule has 2 N–H and O–H groups in total. The van der Waals surface area contributed by atoms with Crippen molar-refractivity contribution in [2.75, 3.05) is 6.54 Å². The van der Waals surface area contributed by atoms with Gasteiger partial charge in [-0.2, -0.15) is 0 Å². The van der Waals surface area contributed by atoms with Crippen molar-refractivity contribution in [3.05, 3.63) is 132 Å². The van der Waals surface area contributed by atoms with Crippen LogP contribution in [0.5, 0.6) is 0 Å². The van der Waals surface area contributed by atoms with E-state index in [4.69, 9.17) is 4.74 Å². The van der Waals surface area contributed by atoms with E-state index in [2.05, 4.69) is 101 Å². The minimum absolute atomic E-state index is 0.0487. The number of nitrogens with zero attached hydrogens (tertiary/aromatic N) is 1. The Kier molecular flexibility index (Phi) is 10.5. The number of ketones is 1. The maximum atomic E-state index is 15.7. The normalized spacial score (nSPS) is 36.6. The van der Waals surface area contributed by atoms with Gasteiger partial charge in [-0.25, -0.2) is 4.79 Å². The van der Waals surface area contributed by atoms with E-state index in [0.29, 0.717) is 42.7 Å². The molecule has 0 aromatic heterocycles. The number of hydrogen-bond acceptors (Lipinski definition) is 5. The molecule has 0 aliphatic heterocycles. The van der Waals surface area contributed by atoms with Gasteiger partial charge in [0.2, 0.25) is 0 Å². The number of carbonyl (C=O) groups excluding carboxylic acids is 2. The third kappa shape index (κ3) is 6.54. The molecule has 7 aliphatic rings. The van der Waals surface area contributed by atoms with Gasteiger partial charge in [-0.15, -0.1) is 0 Å². The van der Waals surface area contributed by atoms with E-state index in [-0.39, 0.29) is 41.8 Å². The van der Waals surface area contributed by atoms with Crippen LogP contribution < -0.4 is 0 Å². The molecule has 4 saturated carbocycles. The van der Waals surface area contributed by atoms with Crippen molar-refractivity contribution in [2.45, 2.75) is 123 Å². The molecule has 4 fully saturated rings. The summed E-state index contributed by atoms with van der Waals surface area (Å²) >= 11 is 0. The van der Waals surface area contributed by atoms with E-state index < -0.39 is 27.9 Å². The number of amides is 1. The van der Waals surface area contributed by atoms with Crippen LogP contribution in [0.3, 0.4) is 0 Å². The average Bonchev–Trinajstić information content (AvgIpc) is 3.55. The summed E-state index contributed by atoms with van der Waals surface area (Å²) in [6, 6.07) is 32.8. The second kappa shape index (κ2) is 15.6. The topological polar surface area (TPSA) is 87.1 Å². The molecule has 11 rings (SSSR count). The van der Waals surface area contributed by atoms with Crippen LogP contribution in [0.25, 0.3) is 21.9 Å². The monoisotopic (exact) mass is 846 g/mol. The van der Waals surface area contributed by atoms with Crippen LogP contribution in [0.15, 0.2) is 121 Å². The SMILES string of the molecule is CC1CCC(C(C)C)C(OC(=O)N(Cc2cccc3ccccc23)CC2(O)CCC3C45C=CC6(C=C4C(=O)c4ccccc4-c4ccccc4)CC(O)CCC6(C)C5CCC32C)C1. The van der Waals surface area contributed by atoms with Gasteiger partial charge in [0.25, 0.3) is 0 Å². The summed E-state index contributed by atoms with van der Waals surface area (Å²) < 4.78 is 6.66. The number of aliphatic hydroxyl groups is 2. The van der Waals surface area contributed by atoms with Crippen molar-refractivity contribution in [3.8, 4) is 11.1 Å². The molecule has 6 heteroatoms. The Balaban J connectivity index is 1.05. The van der Waals surface area contributed by atoms with Crippen LogP contribution in [0.1, 0.15) is 115 Å². The molecule has 2 spiro atoms. The Morgan fingerprint density at radius 3 is 2.30 bits per heavy atom. The first-order valence-electron chi connectivity index (χ1n) is 24.2. The van der Waals surface area contributed by atoms with Gasteiger partial charge >= 0.3 is 6.09 Å². The van der Waals surface area contributed by atoms with E-state index in [1.54, 1.807) is 0 Å². The van der Waals surface area contributed by atoms with Gasteiger partial charge < -0.3 is 19.8 Å². The minimum Gasteiger partial charge on any atom is -0.446 e. The number of aliphatic hydroxyl groups excluding tert-OH is 1. The number of Topliss-reactive ketones (excluding diaryl/α,β-unsaturated/α-hetero) is 1. The zero-order valence-electron chi connectivity index (χ0n) is 38.1. The first kappa shape index (κ1) is 42.4. The van der Waals surface area contributed by atoms with Crippen LogP contribution in [0.2, 0.25) is 0 Å². The summed E-state index contributed by atoms with van der Waals surface area (Å²) in [7, 11) is 0. The molecule has 11 unspecified atom stereocenters. The fraction of sp³-hybridized carbons (Fsp3) is 0.509. The third-order valence-electron chi connectivity index (χ3n) is 18.4. The molecule has 6 nitrogen and oxygen atoms in total. The first-order chi connectivity index (χ1) is 30.2. The third-order valence-corrected chi connectivity index (χ3v) is 18.4. The molecule has 63 heavy (non-hydrogen) atoms. The Hall–Kier alpha value is -4.52. The van der Waals surface area contributed by atoms with Crippen LogP contribution in [0.4, 0.5) is 4.79 Å². The van der Waals surface area contributed by atoms with Crippen LogP contribution in [-0.2, 0) is 11.3 Å². The zero-order valence-corrected chi connectivity index (χ0v) is 38.1. The molecule has 7 aliphatic carbocycles. The lowest BCUT2D eigenvalue weighted by molar-refractivity contribution is -0.175. The quantitative estimate of drug-likeness (QED) is 0.129. The molecule has 0 saturated heterocycles. The van der Waals surface area contributed by atoms with Crippen molar-refractivity contribution < 1.29 is 24.5 Å². The van der Waals surface area contributed by atoms with Gasteiger partial charge in [0.15, 0.2) is 5.78 Å². The predicted molar refractivity (Wildman–Crippen MR) is 251 cm³/mol. The second-order valence-electron chi connectivity index (χ2n) is 21.8. The Morgan fingerprint density at radius 2 is 1.49 bits per heavy atom. The fourth-order valence-corrected chi connectivity index (χ4v) is 14.9. The largest absolute Gasteiger partial charge is 0.446 e.